The molecule has 0 saturated carbocycles. The number of aryl methyl sites for hydroxylation is 1. The Morgan fingerprint density at radius 2 is 1.84 bits per heavy atom. The molecule has 1 unspecified atom stereocenters. The lowest BCUT2D eigenvalue weighted by atomic mass is 10.0. The fourth-order valence-corrected chi connectivity index (χ4v) is 4.49. The first kappa shape index (κ1) is 16.0. The van der Waals surface area contributed by atoms with Gasteiger partial charge in [0, 0.05) is 23.8 Å². The minimum atomic E-state index is 0.321. The van der Waals surface area contributed by atoms with Crippen LogP contribution in [0.25, 0.3) is 10.8 Å². The Hall–Kier alpha value is -2.52. The topological polar surface area (TPSA) is 17.8 Å². The van der Waals surface area contributed by atoms with Crippen molar-refractivity contribution in [3.05, 3.63) is 96.6 Å². The molecule has 1 heterocycles. The molecule has 0 aliphatic rings. The highest BCUT2D eigenvalue weighted by Crippen LogP contribution is 2.39. The van der Waals surface area contributed by atoms with E-state index in [4.69, 9.17) is 0 Å². The van der Waals surface area contributed by atoms with Crippen molar-refractivity contribution < 1.29 is 0 Å². The maximum atomic E-state index is 4.21. The van der Waals surface area contributed by atoms with Crippen LogP contribution in [-0.4, -0.2) is 9.55 Å². The van der Waals surface area contributed by atoms with Crippen LogP contribution < -0.4 is 0 Å². The van der Waals surface area contributed by atoms with Gasteiger partial charge in [-0.05, 0) is 35.4 Å². The van der Waals surface area contributed by atoms with Gasteiger partial charge in [-0.25, -0.2) is 4.98 Å². The average molecular weight is 344 g/mol. The van der Waals surface area contributed by atoms with Crippen LogP contribution in [0.2, 0.25) is 0 Å². The number of hydrogen-bond donors (Lipinski definition) is 0. The van der Waals surface area contributed by atoms with Gasteiger partial charge in [-0.15, -0.1) is 11.8 Å². The summed E-state index contributed by atoms with van der Waals surface area (Å²) in [6.07, 6.45) is 5.78. The second-order valence-electron chi connectivity index (χ2n) is 6.25. The Balaban J connectivity index is 1.76. The van der Waals surface area contributed by atoms with Gasteiger partial charge in [0.25, 0.3) is 0 Å². The smallest absolute Gasteiger partial charge is 0.0946 e. The number of thioether (sulfide) groups is 1. The molecule has 3 aromatic carbocycles. The largest absolute Gasteiger partial charge is 0.336 e. The normalized spacial score (nSPS) is 12.4. The van der Waals surface area contributed by atoms with E-state index in [1.165, 1.54) is 26.8 Å². The molecule has 0 bridgehead atoms. The first-order chi connectivity index (χ1) is 12.3. The van der Waals surface area contributed by atoms with Crippen molar-refractivity contribution in [2.24, 2.45) is 0 Å². The van der Waals surface area contributed by atoms with Gasteiger partial charge in [0.1, 0.15) is 0 Å². The lowest BCUT2D eigenvalue weighted by molar-refractivity contribution is 0.686. The number of nitrogens with zero attached hydrogens (tertiary/aromatic N) is 2. The van der Waals surface area contributed by atoms with Crippen LogP contribution in [-0.2, 0) is 6.54 Å². The zero-order valence-electron chi connectivity index (χ0n) is 14.2. The fraction of sp³-hybridized carbons (Fsp3) is 0.136. The van der Waals surface area contributed by atoms with Crippen LogP contribution in [0, 0.1) is 6.92 Å². The third kappa shape index (κ3) is 3.62. The Morgan fingerprint density at radius 1 is 1.00 bits per heavy atom. The molecule has 4 rings (SSSR count). The predicted molar refractivity (Wildman–Crippen MR) is 106 cm³/mol. The highest BCUT2D eigenvalue weighted by atomic mass is 32.2. The van der Waals surface area contributed by atoms with Gasteiger partial charge in [-0.1, -0.05) is 60.2 Å². The average Bonchev–Trinajstić information content (AvgIpc) is 3.14. The molecule has 0 radical (unpaired) electrons. The van der Waals surface area contributed by atoms with E-state index in [-0.39, 0.29) is 0 Å². The number of rotatable bonds is 5. The first-order valence-electron chi connectivity index (χ1n) is 8.46. The maximum absolute atomic E-state index is 4.21. The molecular formula is C22H20N2S. The molecule has 124 valence electrons. The van der Waals surface area contributed by atoms with E-state index in [9.17, 15) is 0 Å². The van der Waals surface area contributed by atoms with E-state index in [0.717, 1.165) is 6.54 Å². The van der Waals surface area contributed by atoms with Gasteiger partial charge in [0.2, 0.25) is 0 Å². The molecule has 0 fully saturated rings. The molecule has 2 nitrogen and oxygen atoms in total. The second-order valence-corrected chi connectivity index (χ2v) is 7.53. The van der Waals surface area contributed by atoms with Crippen LogP contribution in [0.1, 0.15) is 16.4 Å². The van der Waals surface area contributed by atoms with Gasteiger partial charge in [-0.2, -0.15) is 0 Å². The fourth-order valence-electron chi connectivity index (χ4n) is 3.17. The van der Waals surface area contributed by atoms with E-state index in [1.54, 1.807) is 0 Å². The Kier molecular flexibility index (Phi) is 4.57. The third-order valence-electron chi connectivity index (χ3n) is 4.37. The molecule has 0 aliphatic heterocycles. The van der Waals surface area contributed by atoms with Crippen molar-refractivity contribution >= 4 is 22.5 Å². The molecule has 1 aromatic heterocycles. The molecule has 1 atom stereocenters. The number of imidazole rings is 1. The van der Waals surface area contributed by atoms with Crippen LogP contribution in [0.3, 0.4) is 0 Å². The quantitative estimate of drug-likeness (QED) is 0.421. The van der Waals surface area contributed by atoms with E-state index in [1.807, 2.05) is 30.5 Å². The van der Waals surface area contributed by atoms with Gasteiger partial charge < -0.3 is 4.57 Å². The number of benzene rings is 3. The molecule has 0 spiro atoms. The third-order valence-corrected chi connectivity index (χ3v) is 5.59. The van der Waals surface area contributed by atoms with E-state index in [0.29, 0.717) is 5.25 Å². The predicted octanol–water partition coefficient (Wildman–Crippen LogP) is 5.88. The minimum Gasteiger partial charge on any atom is -0.336 e. The van der Waals surface area contributed by atoms with E-state index in [2.05, 4.69) is 83.2 Å². The summed E-state index contributed by atoms with van der Waals surface area (Å²) in [7, 11) is 0. The minimum absolute atomic E-state index is 0.321. The van der Waals surface area contributed by atoms with Crippen molar-refractivity contribution in [2.75, 3.05) is 0 Å². The SMILES string of the molecule is Cc1cccc(SC(Cn2ccnc2)c2cccc3ccccc23)c1. The van der Waals surface area contributed by atoms with E-state index < -0.39 is 0 Å². The highest BCUT2D eigenvalue weighted by Gasteiger charge is 2.17. The molecule has 4 aromatic rings. The Morgan fingerprint density at radius 3 is 2.68 bits per heavy atom. The van der Waals surface area contributed by atoms with Crippen molar-refractivity contribution in [2.45, 2.75) is 23.6 Å². The first-order valence-corrected chi connectivity index (χ1v) is 9.34. The summed E-state index contributed by atoms with van der Waals surface area (Å²) < 4.78 is 2.16. The Labute approximate surface area is 152 Å². The summed E-state index contributed by atoms with van der Waals surface area (Å²) >= 11 is 1.92. The number of fused-ring (bicyclic) bond motifs is 1. The molecular weight excluding hydrogens is 324 g/mol. The summed E-state index contributed by atoms with van der Waals surface area (Å²) in [4.78, 5) is 5.51. The van der Waals surface area contributed by atoms with Crippen LogP contribution >= 0.6 is 11.8 Å². The molecule has 0 amide bonds. The highest BCUT2D eigenvalue weighted by molar-refractivity contribution is 7.99. The number of aromatic nitrogens is 2. The maximum Gasteiger partial charge on any atom is 0.0946 e. The van der Waals surface area contributed by atoms with Crippen molar-refractivity contribution in [3.8, 4) is 0 Å². The molecule has 0 N–H and O–H groups in total. The zero-order chi connectivity index (χ0) is 17.1. The lowest BCUT2D eigenvalue weighted by Gasteiger charge is -2.20. The Bertz CT molecular complexity index is 971. The summed E-state index contributed by atoms with van der Waals surface area (Å²) in [5, 5.41) is 2.94. The monoisotopic (exact) mass is 344 g/mol. The van der Waals surface area contributed by atoms with Gasteiger partial charge in [0.15, 0.2) is 0 Å². The molecule has 0 saturated heterocycles. The van der Waals surface area contributed by atoms with E-state index >= 15 is 0 Å². The number of hydrogen-bond acceptors (Lipinski definition) is 2. The zero-order valence-corrected chi connectivity index (χ0v) is 15.0. The van der Waals surface area contributed by atoms with Gasteiger partial charge in [0.05, 0.1) is 11.6 Å². The van der Waals surface area contributed by atoms with Crippen molar-refractivity contribution in [3.63, 3.8) is 0 Å². The molecule has 25 heavy (non-hydrogen) atoms. The van der Waals surface area contributed by atoms with Crippen LogP contribution in [0.5, 0.6) is 0 Å². The summed E-state index contributed by atoms with van der Waals surface area (Å²) in [6.45, 7) is 3.04. The van der Waals surface area contributed by atoms with Crippen molar-refractivity contribution in [1.82, 2.24) is 9.55 Å². The summed E-state index contributed by atoms with van der Waals surface area (Å²) in [6, 6.07) is 24.0. The van der Waals surface area contributed by atoms with Crippen molar-refractivity contribution in [1.29, 1.82) is 0 Å². The van der Waals surface area contributed by atoms with Gasteiger partial charge in [-0.3, -0.25) is 0 Å². The van der Waals surface area contributed by atoms with Gasteiger partial charge >= 0.3 is 0 Å². The standard InChI is InChI=1S/C22H20N2S/c1-17-6-4-9-19(14-17)25-22(15-24-13-12-23-16-24)21-11-5-8-18-7-2-3-10-20(18)21/h2-14,16,22H,15H2,1H3. The summed E-state index contributed by atoms with van der Waals surface area (Å²) in [5.41, 5.74) is 2.67. The molecule has 3 heteroatoms. The summed E-state index contributed by atoms with van der Waals surface area (Å²) in [5.74, 6) is 0. The molecule has 0 aliphatic carbocycles. The van der Waals surface area contributed by atoms with Crippen LogP contribution in [0.4, 0.5) is 0 Å². The second kappa shape index (κ2) is 7.16. The van der Waals surface area contributed by atoms with Crippen LogP contribution in [0.15, 0.2) is 90.3 Å². The lowest BCUT2D eigenvalue weighted by Crippen LogP contribution is -2.05.